The Hall–Kier alpha value is -1.67. The number of nitrogens with one attached hydrogen (secondary N) is 1. The quantitative estimate of drug-likeness (QED) is 0.749. The van der Waals surface area contributed by atoms with Gasteiger partial charge in [0.1, 0.15) is 11.4 Å². The van der Waals surface area contributed by atoms with Gasteiger partial charge in [0.15, 0.2) is 0 Å². The van der Waals surface area contributed by atoms with Gasteiger partial charge >= 0.3 is 6.09 Å². The summed E-state index contributed by atoms with van der Waals surface area (Å²) in [7, 11) is 0. The van der Waals surface area contributed by atoms with Crippen molar-refractivity contribution in [2.75, 3.05) is 31.5 Å². The molecule has 3 heterocycles. The van der Waals surface area contributed by atoms with E-state index in [1.54, 1.807) is 11.1 Å². The van der Waals surface area contributed by atoms with Crippen molar-refractivity contribution in [1.29, 1.82) is 0 Å². The van der Waals surface area contributed by atoms with E-state index in [1.165, 1.54) is 0 Å². The zero-order chi connectivity index (χ0) is 18.9. The molecular weight excluding hydrogens is 400 g/mol. The van der Waals surface area contributed by atoms with E-state index in [1.807, 2.05) is 26.8 Å². The molecule has 0 saturated carbocycles. The summed E-state index contributed by atoms with van der Waals surface area (Å²) in [5.74, 6) is 0.623. The number of hydrogen-bond donors (Lipinski definition) is 1. The van der Waals surface area contributed by atoms with Crippen LogP contribution in [0, 0.1) is 0 Å². The number of halogens is 1. The SMILES string of the molecule is CC(C)(C)OC(=O)N1CCN(C2CCc3cc(Br)cnc3NC2=O)CC1. The van der Waals surface area contributed by atoms with Crippen LogP contribution < -0.4 is 5.32 Å². The van der Waals surface area contributed by atoms with Gasteiger partial charge in [-0.05, 0) is 61.2 Å². The molecule has 1 aromatic rings. The van der Waals surface area contributed by atoms with Crippen LogP contribution in [0.15, 0.2) is 16.7 Å². The smallest absolute Gasteiger partial charge is 0.410 e. The number of carbonyl (C=O) groups excluding carboxylic acids is 2. The summed E-state index contributed by atoms with van der Waals surface area (Å²) in [6, 6.07) is 1.80. The molecule has 26 heavy (non-hydrogen) atoms. The van der Waals surface area contributed by atoms with E-state index in [0.717, 1.165) is 22.9 Å². The first-order chi connectivity index (χ1) is 12.2. The van der Waals surface area contributed by atoms with Gasteiger partial charge in [-0.15, -0.1) is 0 Å². The van der Waals surface area contributed by atoms with Crippen molar-refractivity contribution in [2.45, 2.75) is 45.3 Å². The highest BCUT2D eigenvalue weighted by atomic mass is 79.9. The number of nitrogens with zero attached hydrogens (tertiary/aromatic N) is 3. The average Bonchev–Trinajstić information content (AvgIpc) is 2.71. The molecule has 1 atom stereocenters. The molecule has 1 fully saturated rings. The van der Waals surface area contributed by atoms with Crippen LogP contribution in [0.25, 0.3) is 0 Å². The number of amides is 2. The van der Waals surface area contributed by atoms with Crippen molar-refractivity contribution in [3.8, 4) is 0 Å². The second-order valence-corrected chi connectivity index (χ2v) is 8.62. The minimum atomic E-state index is -0.498. The standard InChI is InChI=1S/C18H25BrN4O3/c1-18(2,3)26-17(25)23-8-6-22(7-9-23)14-5-4-12-10-13(19)11-20-15(12)21-16(14)24/h10-11,14H,4-9H2,1-3H3,(H,20,21,24). The van der Waals surface area contributed by atoms with Crippen LogP contribution in [0.4, 0.5) is 10.6 Å². The number of fused-ring (bicyclic) bond motifs is 1. The van der Waals surface area contributed by atoms with Gasteiger partial charge in [0, 0.05) is 36.8 Å². The molecule has 8 heteroatoms. The molecule has 2 aliphatic rings. The molecule has 0 bridgehead atoms. The summed E-state index contributed by atoms with van der Waals surface area (Å²) in [5, 5.41) is 2.94. The minimum absolute atomic E-state index is 0.0238. The number of rotatable bonds is 1. The van der Waals surface area contributed by atoms with Gasteiger partial charge in [-0.3, -0.25) is 9.69 Å². The summed E-state index contributed by atoms with van der Waals surface area (Å²) in [6.45, 7) is 8.03. The molecule has 0 aliphatic carbocycles. The van der Waals surface area contributed by atoms with E-state index in [9.17, 15) is 9.59 Å². The zero-order valence-electron chi connectivity index (χ0n) is 15.4. The molecule has 142 valence electrons. The summed E-state index contributed by atoms with van der Waals surface area (Å²) in [6.07, 6.45) is 2.93. The van der Waals surface area contributed by atoms with Gasteiger partial charge in [0.05, 0.1) is 6.04 Å². The second kappa shape index (κ2) is 7.52. The number of pyridine rings is 1. The number of aryl methyl sites for hydroxylation is 1. The predicted molar refractivity (Wildman–Crippen MR) is 102 cm³/mol. The van der Waals surface area contributed by atoms with E-state index in [4.69, 9.17) is 4.74 Å². The van der Waals surface area contributed by atoms with Crippen LogP contribution in [0.5, 0.6) is 0 Å². The maximum atomic E-state index is 12.7. The second-order valence-electron chi connectivity index (χ2n) is 7.71. The number of carbonyl (C=O) groups is 2. The minimum Gasteiger partial charge on any atom is -0.444 e. The van der Waals surface area contributed by atoms with Crippen LogP contribution in [0.3, 0.4) is 0 Å². The van der Waals surface area contributed by atoms with Gasteiger partial charge in [-0.25, -0.2) is 9.78 Å². The van der Waals surface area contributed by atoms with Crippen LogP contribution >= 0.6 is 15.9 Å². The monoisotopic (exact) mass is 424 g/mol. The van der Waals surface area contributed by atoms with E-state index in [0.29, 0.717) is 32.0 Å². The third-order valence-electron chi connectivity index (χ3n) is 4.57. The number of aromatic nitrogens is 1. The van der Waals surface area contributed by atoms with Gasteiger partial charge in [0.25, 0.3) is 0 Å². The fourth-order valence-electron chi connectivity index (χ4n) is 3.30. The third-order valence-corrected chi connectivity index (χ3v) is 5.01. The molecule has 1 unspecified atom stereocenters. The van der Waals surface area contributed by atoms with Crippen molar-refractivity contribution < 1.29 is 14.3 Å². The molecule has 2 aliphatic heterocycles. The number of hydrogen-bond acceptors (Lipinski definition) is 5. The molecule has 3 rings (SSSR count). The van der Waals surface area contributed by atoms with E-state index in [2.05, 4.69) is 31.1 Å². The maximum Gasteiger partial charge on any atom is 0.410 e. The van der Waals surface area contributed by atoms with Gasteiger partial charge in [0.2, 0.25) is 5.91 Å². The molecule has 1 saturated heterocycles. The fraction of sp³-hybridized carbons (Fsp3) is 0.611. The van der Waals surface area contributed by atoms with Gasteiger partial charge in [-0.2, -0.15) is 0 Å². The molecule has 1 aromatic heterocycles. The average molecular weight is 425 g/mol. The van der Waals surface area contributed by atoms with E-state index >= 15 is 0 Å². The van der Waals surface area contributed by atoms with Crippen molar-refractivity contribution >= 4 is 33.7 Å². The van der Waals surface area contributed by atoms with Crippen molar-refractivity contribution in [1.82, 2.24) is 14.8 Å². The van der Waals surface area contributed by atoms with Crippen LogP contribution in [-0.2, 0) is 16.0 Å². The Morgan fingerprint density at radius 3 is 2.65 bits per heavy atom. The third kappa shape index (κ3) is 4.54. The van der Waals surface area contributed by atoms with Gasteiger partial charge < -0.3 is 15.0 Å². The first-order valence-corrected chi connectivity index (χ1v) is 9.69. The lowest BCUT2D eigenvalue weighted by Gasteiger charge is -2.38. The molecule has 0 spiro atoms. The molecule has 1 N–H and O–H groups in total. The lowest BCUT2D eigenvalue weighted by Crippen LogP contribution is -2.55. The highest BCUT2D eigenvalue weighted by Gasteiger charge is 2.33. The first kappa shape index (κ1) is 19.1. The lowest BCUT2D eigenvalue weighted by atomic mass is 10.1. The molecule has 0 radical (unpaired) electrons. The molecule has 7 nitrogen and oxygen atoms in total. The van der Waals surface area contributed by atoms with E-state index in [-0.39, 0.29) is 18.0 Å². The van der Waals surface area contributed by atoms with Crippen LogP contribution in [0.2, 0.25) is 0 Å². The fourth-order valence-corrected chi connectivity index (χ4v) is 3.68. The highest BCUT2D eigenvalue weighted by molar-refractivity contribution is 9.10. The number of anilines is 1. The Bertz CT molecular complexity index is 696. The number of piperazine rings is 1. The number of ether oxygens (including phenoxy) is 1. The summed E-state index contributed by atoms with van der Waals surface area (Å²) >= 11 is 3.43. The molecule has 0 aromatic carbocycles. The molecule has 2 amide bonds. The molecular formula is C18H25BrN4O3. The van der Waals surface area contributed by atoms with Crippen molar-refractivity contribution in [3.63, 3.8) is 0 Å². The van der Waals surface area contributed by atoms with Crippen molar-refractivity contribution in [2.24, 2.45) is 0 Å². The largest absolute Gasteiger partial charge is 0.444 e. The van der Waals surface area contributed by atoms with E-state index < -0.39 is 5.60 Å². The Kier molecular flexibility index (Phi) is 5.53. The Labute approximate surface area is 162 Å². The topological polar surface area (TPSA) is 74.8 Å². The van der Waals surface area contributed by atoms with Crippen LogP contribution in [-0.4, -0.2) is 64.6 Å². The normalized spacial score (nSPS) is 21.6. The Balaban J connectivity index is 1.60. The summed E-state index contributed by atoms with van der Waals surface area (Å²) in [4.78, 5) is 33.0. The first-order valence-electron chi connectivity index (χ1n) is 8.90. The highest BCUT2D eigenvalue weighted by Crippen LogP contribution is 2.25. The maximum absolute atomic E-state index is 12.7. The zero-order valence-corrected chi connectivity index (χ0v) is 17.0. The van der Waals surface area contributed by atoms with Crippen molar-refractivity contribution in [3.05, 3.63) is 22.3 Å². The Morgan fingerprint density at radius 2 is 2.00 bits per heavy atom. The van der Waals surface area contributed by atoms with Crippen LogP contribution in [0.1, 0.15) is 32.8 Å². The predicted octanol–water partition coefficient (Wildman–Crippen LogP) is 2.65. The Morgan fingerprint density at radius 1 is 1.31 bits per heavy atom. The summed E-state index contributed by atoms with van der Waals surface area (Å²) < 4.78 is 6.34. The lowest BCUT2D eigenvalue weighted by molar-refractivity contribution is -0.122. The van der Waals surface area contributed by atoms with Gasteiger partial charge in [-0.1, -0.05) is 0 Å². The summed E-state index contributed by atoms with van der Waals surface area (Å²) in [5.41, 5.74) is 0.547.